The van der Waals surface area contributed by atoms with Gasteiger partial charge in [0.25, 0.3) is 5.91 Å². The van der Waals surface area contributed by atoms with E-state index in [0.29, 0.717) is 5.69 Å². The van der Waals surface area contributed by atoms with Crippen molar-refractivity contribution in [2.24, 2.45) is 0 Å². The third-order valence-electron chi connectivity index (χ3n) is 2.63. The molecule has 19 heavy (non-hydrogen) atoms. The number of hydrogen-bond acceptors (Lipinski definition) is 3. The maximum Gasteiger partial charge on any atom is 0.261 e. The van der Waals surface area contributed by atoms with Gasteiger partial charge in [0.05, 0.1) is 11.8 Å². The van der Waals surface area contributed by atoms with Crippen molar-refractivity contribution in [3.05, 3.63) is 53.7 Å². The van der Waals surface area contributed by atoms with E-state index in [4.69, 9.17) is 5.73 Å². The molecule has 2 N–H and O–H groups in total. The monoisotopic (exact) mass is 263 g/mol. The third kappa shape index (κ3) is 2.67. The zero-order chi connectivity index (χ0) is 14.0. The lowest BCUT2D eigenvalue weighted by molar-refractivity contribution is 0.0993. The van der Waals surface area contributed by atoms with E-state index < -0.39 is 17.5 Å². The summed E-state index contributed by atoms with van der Waals surface area (Å²) >= 11 is 0. The van der Waals surface area contributed by atoms with Crippen LogP contribution in [0.2, 0.25) is 0 Å². The molecule has 0 fully saturated rings. The first kappa shape index (κ1) is 12.9. The van der Waals surface area contributed by atoms with E-state index in [2.05, 4.69) is 4.98 Å². The van der Waals surface area contributed by atoms with Crippen molar-refractivity contribution in [1.82, 2.24) is 4.98 Å². The van der Waals surface area contributed by atoms with Crippen LogP contribution in [0.25, 0.3) is 0 Å². The van der Waals surface area contributed by atoms with Gasteiger partial charge in [-0.2, -0.15) is 0 Å². The van der Waals surface area contributed by atoms with Gasteiger partial charge in [-0.05, 0) is 30.3 Å². The Labute approximate surface area is 108 Å². The van der Waals surface area contributed by atoms with Gasteiger partial charge in [0.2, 0.25) is 0 Å². The smallest absolute Gasteiger partial charge is 0.261 e. The Hall–Kier alpha value is -2.50. The number of pyridine rings is 1. The molecule has 1 aromatic carbocycles. The highest BCUT2D eigenvalue weighted by molar-refractivity contribution is 6.08. The minimum absolute atomic E-state index is 0.0353. The van der Waals surface area contributed by atoms with Crippen molar-refractivity contribution in [2.75, 3.05) is 17.7 Å². The molecular weight excluding hydrogens is 252 g/mol. The van der Waals surface area contributed by atoms with Crippen molar-refractivity contribution in [1.29, 1.82) is 0 Å². The van der Waals surface area contributed by atoms with Crippen LogP contribution in [0.15, 0.2) is 36.5 Å². The molecular formula is C13H11F2N3O. The highest BCUT2D eigenvalue weighted by Gasteiger charge is 2.17. The maximum absolute atomic E-state index is 13.1. The molecule has 0 atom stereocenters. The third-order valence-corrected chi connectivity index (χ3v) is 2.63. The van der Waals surface area contributed by atoms with Gasteiger partial charge in [0.1, 0.15) is 17.5 Å². The minimum atomic E-state index is -0.648. The Kier molecular flexibility index (Phi) is 3.41. The number of hydrogen-bond donors (Lipinski definition) is 1. The lowest BCUT2D eigenvalue weighted by Gasteiger charge is -2.18. The van der Waals surface area contributed by atoms with Crippen LogP contribution in [0.1, 0.15) is 10.4 Å². The van der Waals surface area contributed by atoms with Crippen molar-refractivity contribution in [2.45, 2.75) is 0 Å². The maximum atomic E-state index is 13.1. The van der Waals surface area contributed by atoms with Gasteiger partial charge < -0.3 is 10.6 Å². The fourth-order valence-corrected chi connectivity index (χ4v) is 1.58. The number of nitrogen functional groups attached to an aromatic ring is 1. The molecule has 0 aliphatic heterocycles. The average Bonchev–Trinajstić information content (AvgIpc) is 2.41. The van der Waals surface area contributed by atoms with Crippen molar-refractivity contribution in [3.63, 3.8) is 0 Å². The Morgan fingerprint density at radius 1 is 1.21 bits per heavy atom. The van der Waals surface area contributed by atoms with Crippen LogP contribution in [0.4, 0.5) is 20.3 Å². The van der Waals surface area contributed by atoms with Crippen LogP contribution >= 0.6 is 0 Å². The molecule has 0 aliphatic carbocycles. The lowest BCUT2D eigenvalue weighted by atomic mass is 10.2. The normalized spacial score (nSPS) is 10.3. The number of benzene rings is 1. The fraction of sp³-hybridized carbons (Fsp3) is 0.0769. The number of amides is 1. The molecule has 0 bridgehead atoms. The van der Waals surface area contributed by atoms with Gasteiger partial charge in [-0.3, -0.25) is 4.79 Å². The number of carbonyl (C=O) groups excluding carboxylic acids is 1. The summed E-state index contributed by atoms with van der Waals surface area (Å²) in [6, 6.07) is 6.36. The first-order chi connectivity index (χ1) is 8.99. The summed E-state index contributed by atoms with van der Waals surface area (Å²) < 4.78 is 25.9. The minimum Gasteiger partial charge on any atom is -0.383 e. The summed E-state index contributed by atoms with van der Waals surface area (Å²) in [4.78, 5) is 17.0. The Morgan fingerprint density at radius 2 is 1.84 bits per heavy atom. The molecule has 2 rings (SSSR count). The SMILES string of the molecule is CN(C(=O)c1cc(F)cnc1N)c1ccc(F)cc1. The summed E-state index contributed by atoms with van der Waals surface area (Å²) in [7, 11) is 1.49. The molecule has 1 aromatic heterocycles. The number of anilines is 2. The highest BCUT2D eigenvalue weighted by atomic mass is 19.1. The predicted molar refractivity (Wildman–Crippen MR) is 67.7 cm³/mol. The zero-order valence-corrected chi connectivity index (χ0v) is 10.1. The Morgan fingerprint density at radius 3 is 2.47 bits per heavy atom. The second-order valence-corrected chi connectivity index (χ2v) is 3.93. The van der Waals surface area contributed by atoms with E-state index in [1.54, 1.807) is 0 Å². The molecule has 0 aliphatic rings. The molecule has 2 aromatic rings. The average molecular weight is 263 g/mol. The number of carbonyl (C=O) groups is 1. The molecule has 1 heterocycles. The molecule has 4 nitrogen and oxygen atoms in total. The summed E-state index contributed by atoms with van der Waals surface area (Å²) in [5, 5.41) is 0. The number of halogens is 2. The Bertz CT molecular complexity index is 614. The van der Waals surface area contributed by atoms with Crippen molar-refractivity contribution >= 4 is 17.4 Å². The van der Waals surface area contributed by atoms with Crippen LogP contribution in [0.3, 0.4) is 0 Å². The second-order valence-electron chi connectivity index (χ2n) is 3.93. The predicted octanol–water partition coefficient (Wildman–Crippen LogP) is 2.22. The van der Waals surface area contributed by atoms with Gasteiger partial charge in [0, 0.05) is 12.7 Å². The van der Waals surface area contributed by atoms with E-state index in [9.17, 15) is 13.6 Å². The van der Waals surface area contributed by atoms with E-state index in [1.165, 1.54) is 36.2 Å². The molecule has 0 spiro atoms. The van der Waals surface area contributed by atoms with Crippen LogP contribution in [0, 0.1) is 11.6 Å². The van der Waals surface area contributed by atoms with E-state index in [1.807, 2.05) is 0 Å². The summed E-state index contributed by atoms with van der Waals surface area (Å²) in [5.41, 5.74) is 5.98. The van der Waals surface area contributed by atoms with Crippen molar-refractivity contribution in [3.8, 4) is 0 Å². The van der Waals surface area contributed by atoms with Gasteiger partial charge >= 0.3 is 0 Å². The largest absolute Gasteiger partial charge is 0.383 e. The topological polar surface area (TPSA) is 59.2 Å². The number of aromatic nitrogens is 1. The standard InChI is InChI=1S/C13H11F2N3O/c1-18(10-4-2-8(14)3-5-10)13(19)11-6-9(15)7-17-12(11)16/h2-7H,1H3,(H2,16,17). The molecule has 0 unspecified atom stereocenters. The van der Waals surface area contributed by atoms with Crippen LogP contribution < -0.4 is 10.6 Å². The van der Waals surface area contributed by atoms with Crippen LogP contribution in [0.5, 0.6) is 0 Å². The lowest BCUT2D eigenvalue weighted by Crippen LogP contribution is -2.27. The molecule has 0 saturated heterocycles. The zero-order valence-electron chi connectivity index (χ0n) is 10.1. The summed E-state index contributed by atoms with van der Waals surface area (Å²) in [6.45, 7) is 0. The van der Waals surface area contributed by atoms with Gasteiger partial charge in [0.15, 0.2) is 0 Å². The molecule has 0 saturated carbocycles. The molecule has 0 radical (unpaired) electrons. The second kappa shape index (κ2) is 5.01. The highest BCUT2D eigenvalue weighted by Crippen LogP contribution is 2.18. The molecule has 1 amide bonds. The van der Waals surface area contributed by atoms with Crippen LogP contribution in [-0.4, -0.2) is 17.9 Å². The van der Waals surface area contributed by atoms with Gasteiger partial charge in [-0.1, -0.05) is 0 Å². The van der Waals surface area contributed by atoms with E-state index >= 15 is 0 Å². The van der Waals surface area contributed by atoms with Crippen molar-refractivity contribution < 1.29 is 13.6 Å². The quantitative estimate of drug-likeness (QED) is 0.903. The first-order valence-corrected chi connectivity index (χ1v) is 5.43. The number of rotatable bonds is 2. The van der Waals surface area contributed by atoms with Gasteiger partial charge in [-0.15, -0.1) is 0 Å². The number of nitrogens with zero attached hydrogens (tertiary/aromatic N) is 2. The van der Waals surface area contributed by atoms with E-state index in [-0.39, 0.29) is 11.4 Å². The molecule has 98 valence electrons. The van der Waals surface area contributed by atoms with Gasteiger partial charge in [-0.25, -0.2) is 13.8 Å². The Balaban J connectivity index is 2.33. The summed E-state index contributed by atoms with van der Waals surface area (Å²) in [6.07, 6.45) is 0.935. The van der Waals surface area contributed by atoms with E-state index in [0.717, 1.165) is 12.3 Å². The first-order valence-electron chi connectivity index (χ1n) is 5.43. The molecule has 6 heteroatoms. The van der Waals surface area contributed by atoms with Crippen LogP contribution in [-0.2, 0) is 0 Å². The number of nitrogens with two attached hydrogens (primary N) is 1. The summed E-state index contributed by atoms with van der Waals surface area (Å²) in [5.74, 6) is -1.63. The fourth-order valence-electron chi connectivity index (χ4n) is 1.58.